The summed E-state index contributed by atoms with van der Waals surface area (Å²) in [4.78, 5) is 56.3. The van der Waals surface area contributed by atoms with Crippen molar-refractivity contribution in [2.24, 2.45) is 0 Å². The molecule has 3 amide bonds. The number of aryl methyl sites for hydroxylation is 1. The molecule has 0 saturated carbocycles. The van der Waals surface area contributed by atoms with Crippen LogP contribution < -0.4 is 4.90 Å². The number of rotatable bonds is 7. The highest BCUT2D eigenvalue weighted by atomic mass is 16.7. The van der Waals surface area contributed by atoms with E-state index in [4.69, 9.17) is 4.84 Å². The SMILES string of the molecule is Cc1ccc(/C=C/C#Cc2ccc(N3CCN(C(=O)CCCC(=O)ON4C(=O)CCC4=O)CC3)cc2)cc1O. The van der Waals surface area contributed by atoms with E-state index < -0.39 is 17.8 Å². The van der Waals surface area contributed by atoms with Crippen LogP contribution in [0.5, 0.6) is 5.75 Å². The third-order valence-corrected chi connectivity index (χ3v) is 6.64. The Bertz CT molecular complexity index is 1310. The first-order valence-electron chi connectivity index (χ1n) is 13.0. The topological polar surface area (TPSA) is 107 Å². The Morgan fingerprint density at radius 3 is 2.33 bits per heavy atom. The van der Waals surface area contributed by atoms with Gasteiger partial charge in [0.15, 0.2) is 0 Å². The van der Waals surface area contributed by atoms with Crippen molar-refractivity contribution >= 4 is 35.5 Å². The molecule has 2 fully saturated rings. The van der Waals surface area contributed by atoms with Gasteiger partial charge in [0, 0.05) is 63.1 Å². The van der Waals surface area contributed by atoms with Gasteiger partial charge in [0.1, 0.15) is 5.75 Å². The van der Waals surface area contributed by atoms with Crippen LogP contribution >= 0.6 is 0 Å². The minimum Gasteiger partial charge on any atom is -0.508 e. The molecular weight excluding hydrogens is 498 g/mol. The number of carbonyl (C=O) groups is 4. The normalized spacial score (nSPS) is 15.5. The van der Waals surface area contributed by atoms with Gasteiger partial charge in [-0.1, -0.05) is 24.0 Å². The van der Waals surface area contributed by atoms with Gasteiger partial charge in [-0.05, 0) is 67.0 Å². The molecule has 4 rings (SSSR count). The first kappa shape index (κ1) is 27.5. The number of phenols is 1. The zero-order chi connectivity index (χ0) is 27.8. The zero-order valence-corrected chi connectivity index (χ0v) is 21.9. The molecule has 2 aromatic rings. The Balaban J connectivity index is 1.18. The third kappa shape index (κ3) is 7.48. The van der Waals surface area contributed by atoms with Crippen LogP contribution in [0.1, 0.15) is 48.8 Å². The molecule has 2 aromatic carbocycles. The van der Waals surface area contributed by atoms with Gasteiger partial charge in [0.2, 0.25) is 5.91 Å². The molecule has 2 aliphatic heterocycles. The highest BCUT2D eigenvalue weighted by Gasteiger charge is 2.32. The smallest absolute Gasteiger partial charge is 0.333 e. The lowest BCUT2D eigenvalue weighted by molar-refractivity contribution is -0.197. The van der Waals surface area contributed by atoms with Crippen LogP contribution in [0.25, 0.3) is 6.08 Å². The Hall–Kier alpha value is -4.58. The monoisotopic (exact) mass is 529 g/mol. The summed E-state index contributed by atoms with van der Waals surface area (Å²) in [5, 5.41) is 10.3. The first-order valence-corrected chi connectivity index (χ1v) is 13.0. The number of hydroxylamine groups is 2. The first-order chi connectivity index (χ1) is 18.8. The Labute approximate surface area is 227 Å². The molecule has 39 heavy (non-hydrogen) atoms. The second-order valence-corrected chi connectivity index (χ2v) is 9.46. The number of amides is 3. The second kappa shape index (κ2) is 12.8. The number of piperazine rings is 1. The van der Waals surface area contributed by atoms with E-state index in [0.717, 1.165) is 22.4 Å². The number of nitrogens with zero attached hydrogens (tertiary/aromatic N) is 3. The Morgan fingerprint density at radius 1 is 0.974 bits per heavy atom. The van der Waals surface area contributed by atoms with Crippen molar-refractivity contribution in [1.82, 2.24) is 9.96 Å². The van der Waals surface area contributed by atoms with Crippen molar-refractivity contribution in [1.29, 1.82) is 0 Å². The predicted octanol–water partition coefficient (Wildman–Crippen LogP) is 3.19. The maximum absolute atomic E-state index is 12.6. The summed E-state index contributed by atoms with van der Waals surface area (Å²) in [5.74, 6) is 4.63. The van der Waals surface area contributed by atoms with E-state index >= 15 is 0 Å². The molecule has 0 radical (unpaired) electrons. The number of imide groups is 1. The standard InChI is InChI=1S/C30H31N3O6/c1-22-9-10-24(21-26(22)34)6-3-2-5-23-11-13-25(14-12-23)31-17-19-32(20-18-31)27(35)7-4-8-30(38)39-33-28(36)15-16-29(33)37/h3,6,9-14,21,34H,4,7-8,15-20H2,1H3/b6-3+. The molecule has 1 N–H and O–H groups in total. The number of benzene rings is 2. The van der Waals surface area contributed by atoms with Crippen molar-refractivity contribution in [3.63, 3.8) is 0 Å². The minimum absolute atomic E-state index is 0.0321. The summed E-state index contributed by atoms with van der Waals surface area (Å²) in [6.07, 6.45) is 4.16. The van der Waals surface area contributed by atoms with Crippen LogP contribution in [-0.4, -0.2) is 64.9 Å². The van der Waals surface area contributed by atoms with Crippen molar-refractivity contribution in [3.05, 3.63) is 65.2 Å². The van der Waals surface area contributed by atoms with Gasteiger partial charge in [0.05, 0.1) is 0 Å². The predicted molar refractivity (Wildman–Crippen MR) is 145 cm³/mol. The summed E-state index contributed by atoms with van der Waals surface area (Å²) in [6.45, 7) is 4.42. The van der Waals surface area contributed by atoms with Crippen molar-refractivity contribution in [2.45, 2.75) is 39.0 Å². The lowest BCUT2D eigenvalue weighted by Gasteiger charge is -2.36. The fourth-order valence-corrected chi connectivity index (χ4v) is 4.31. The van der Waals surface area contributed by atoms with E-state index in [0.29, 0.717) is 37.7 Å². The number of carbonyl (C=O) groups excluding carboxylic acids is 4. The summed E-state index contributed by atoms with van der Waals surface area (Å²) in [7, 11) is 0. The van der Waals surface area contributed by atoms with Gasteiger partial charge >= 0.3 is 5.97 Å². The molecule has 0 spiro atoms. The molecular formula is C30H31N3O6. The quantitative estimate of drug-likeness (QED) is 0.434. The van der Waals surface area contributed by atoms with E-state index in [1.807, 2.05) is 49.4 Å². The molecule has 0 unspecified atom stereocenters. The number of hydrogen-bond acceptors (Lipinski definition) is 7. The lowest BCUT2D eigenvalue weighted by atomic mass is 10.1. The molecule has 0 aromatic heterocycles. The van der Waals surface area contributed by atoms with Gasteiger partial charge in [-0.3, -0.25) is 14.4 Å². The van der Waals surface area contributed by atoms with Crippen LogP contribution in [0, 0.1) is 18.8 Å². The average Bonchev–Trinajstić information content (AvgIpc) is 3.25. The lowest BCUT2D eigenvalue weighted by Crippen LogP contribution is -2.48. The molecule has 9 nitrogen and oxygen atoms in total. The average molecular weight is 530 g/mol. The van der Waals surface area contributed by atoms with Crippen LogP contribution in [0.15, 0.2) is 48.5 Å². The van der Waals surface area contributed by atoms with Crippen LogP contribution in [0.3, 0.4) is 0 Å². The van der Waals surface area contributed by atoms with E-state index in [-0.39, 0.29) is 37.3 Å². The maximum atomic E-state index is 12.6. The van der Waals surface area contributed by atoms with E-state index in [1.54, 1.807) is 17.0 Å². The molecule has 2 heterocycles. The van der Waals surface area contributed by atoms with Gasteiger partial charge in [-0.15, -0.1) is 5.06 Å². The van der Waals surface area contributed by atoms with Gasteiger partial charge in [-0.2, -0.15) is 0 Å². The fourth-order valence-electron chi connectivity index (χ4n) is 4.31. The molecule has 202 valence electrons. The molecule has 2 aliphatic rings. The van der Waals surface area contributed by atoms with E-state index in [9.17, 15) is 24.3 Å². The fraction of sp³-hybridized carbons (Fsp3) is 0.333. The number of aromatic hydroxyl groups is 1. The molecule has 2 saturated heterocycles. The largest absolute Gasteiger partial charge is 0.508 e. The highest BCUT2D eigenvalue weighted by molar-refractivity contribution is 6.01. The number of allylic oxidation sites excluding steroid dienone is 1. The van der Waals surface area contributed by atoms with E-state index in [1.165, 1.54) is 0 Å². The molecule has 9 heteroatoms. The molecule has 0 aliphatic carbocycles. The number of phenolic OH excluding ortho intramolecular Hbond substituents is 1. The van der Waals surface area contributed by atoms with Crippen molar-refractivity contribution < 1.29 is 29.1 Å². The second-order valence-electron chi connectivity index (χ2n) is 9.46. The van der Waals surface area contributed by atoms with Crippen LogP contribution in [0.2, 0.25) is 0 Å². The maximum Gasteiger partial charge on any atom is 0.333 e. The molecule has 0 atom stereocenters. The number of anilines is 1. The van der Waals surface area contributed by atoms with Gasteiger partial charge in [0.25, 0.3) is 11.8 Å². The molecule has 0 bridgehead atoms. The highest BCUT2D eigenvalue weighted by Crippen LogP contribution is 2.19. The summed E-state index contributed by atoms with van der Waals surface area (Å²) >= 11 is 0. The van der Waals surface area contributed by atoms with Crippen molar-refractivity contribution in [2.75, 3.05) is 31.1 Å². The Morgan fingerprint density at radius 2 is 1.67 bits per heavy atom. The summed E-state index contributed by atoms with van der Waals surface area (Å²) in [5.41, 5.74) is 3.67. The van der Waals surface area contributed by atoms with Crippen LogP contribution in [0.4, 0.5) is 5.69 Å². The summed E-state index contributed by atoms with van der Waals surface area (Å²) in [6, 6.07) is 13.5. The van der Waals surface area contributed by atoms with Crippen LogP contribution in [-0.2, 0) is 24.0 Å². The number of hydrogen-bond donors (Lipinski definition) is 1. The van der Waals surface area contributed by atoms with Gasteiger partial charge in [-0.25, -0.2) is 4.79 Å². The summed E-state index contributed by atoms with van der Waals surface area (Å²) < 4.78 is 0. The Kier molecular flexibility index (Phi) is 9.00. The van der Waals surface area contributed by atoms with Gasteiger partial charge < -0.3 is 19.7 Å². The minimum atomic E-state index is -0.688. The zero-order valence-electron chi connectivity index (χ0n) is 21.9. The van der Waals surface area contributed by atoms with E-state index in [2.05, 4.69) is 16.7 Å². The third-order valence-electron chi connectivity index (χ3n) is 6.64. The van der Waals surface area contributed by atoms with Crippen molar-refractivity contribution in [3.8, 4) is 17.6 Å².